The minimum atomic E-state index is -0.735. The Bertz CT molecular complexity index is 260. The van der Waals surface area contributed by atoms with Gasteiger partial charge in [0.25, 0.3) is 0 Å². The standard InChI is InChI=1S/C17H34O7/c1-5-7-9-19-15(3)21-11-13-23-17(18)24-14-12-22-16(4)20-10-8-6-2/h15-16H,5-14H2,1-4H3. The van der Waals surface area contributed by atoms with Crippen LogP contribution < -0.4 is 0 Å². The summed E-state index contributed by atoms with van der Waals surface area (Å²) >= 11 is 0. The summed E-state index contributed by atoms with van der Waals surface area (Å²) in [5.74, 6) is 0. The smallest absolute Gasteiger partial charge is 0.432 e. The lowest BCUT2D eigenvalue weighted by atomic mass is 10.4. The van der Waals surface area contributed by atoms with E-state index in [4.69, 9.17) is 28.4 Å². The molecule has 0 radical (unpaired) electrons. The van der Waals surface area contributed by atoms with E-state index in [2.05, 4.69) is 13.8 Å². The predicted octanol–water partition coefficient (Wildman–Crippen LogP) is 3.50. The topological polar surface area (TPSA) is 72.5 Å². The zero-order chi connectivity index (χ0) is 18.0. The number of hydrogen-bond donors (Lipinski definition) is 0. The summed E-state index contributed by atoms with van der Waals surface area (Å²) < 4.78 is 31.3. The van der Waals surface area contributed by atoms with E-state index >= 15 is 0 Å². The predicted molar refractivity (Wildman–Crippen MR) is 89.8 cm³/mol. The van der Waals surface area contributed by atoms with Gasteiger partial charge in [0, 0.05) is 13.2 Å². The first-order chi connectivity index (χ1) is 11.6. The van der Waals surface area contributed by atoms with E-state index in [1.807, 2.05) is 13.8 Å². The van der Waals surface area contributed by atoms with Gasteiger partial charge in [-0.25, -0.2) is 4.79 Å². The van der Waals surface area contributed by atoms with Gasteiger partial charge < -0.3 is 28.4 Å². The Morgan fingerprint density at radius 2 is 1.04 bits per heavy atom. The maximum atomic E-state index is 11.3. The van der Waals surface area contributed by atoms with E-state index in [0.717, 1.165) is 25.7 Å². The molecule has 0 spiro atoms. The van der Waals surface area contributed by atoms with Crippen LogP contribution in [0.2, 0.25) is 0 Å². The van der Waals surface area contributed by atoms with Crippen molar-refractivity contribution in [2.24, 2.45) is 0 Å². The zero-order valence-corrected chi connectivity index (χ0v) is 15.6. The Hall–Kier alpha value is -0.890. The minimum Gasteiger partial charge on any atom is -0.432 e. The van der Waals surface area contributed by atoms with E-state index in [0.29, 0.717) is 13.2 Å². The number of carbonyl (C=O) groups excluding carboxylic acids is 1. The summed E-state index contributed by atoms with van der Waals surface area (Å²) in [7, 11) is 0. The maximum absolute atomic E-state index is 11.3. The molecule has 0 aliphatic rings. The van der Waals surface area contributed by atoms with Crippen LogP contribution in [0.25, 0.3) is 0 Å². The van der Waals surface area contributed by atoms with Crippen LogP contribution in [-0.2, 0) is 28.4 Å². The zero-order valence-electron chi connectivity index (χ0n) is 15.6. The molecule has 144 valence electrons. The summed E-state index contributed by atoms with van der Waals surface area (Å²) in [5.41, 5.74) is 0. The van der Waals surface area contributed by atoms with Crippen LogP contribution in [0, 0.1) is 0 Å². The normalized spacial score (nSPS) is 13.5. The Balaban J connectivity index is 3.40. The summed E-state index contributed by atoms with van der Waals surface area (Å²) in [6.45, 7) is 9.93. The van der Waals surface area contributed by atoms with Gasteiger partial charge in [-0.2, -0.15) is 0 Å². The molecule has 0 heterocycles. The summed E-state index contributed by atoms with van der Waals surface area (Å²) in [5, 5.41) is 0. The fourth-order valence-corrected chi connectivity index (χ4v) is 1.60. The lowest BCUT2D eigenvalue weighted by Crippen LogP contribution is -2.20. The Morgan fingerprint density at radius 1 is 0.667 bits per heavy atom. The van der Waals surface area contributed by atoms with E-state index in [9.17, 15) is 4.79 Å². The van der Waals surface area contributed by atoms with Gasteiger partial charge in [-0.1, -0.05) is 26.7 Å². The average Bonchev–Trinajstić information content (AvgIpc) is 2.56. The first-order valence-electron chi connectivity index (χ1n) is 8.86. The second-order valence-corrected chi connectivity index (χ2v) is 5.27. The molecule has 7 heteroatoms. The van der Waals surface area contributed by atoms with E-state index in [1.165, 1.54) is 0 Å². The summed E-state index contributed by atoms with van der Waals surface area (Å²) in [6, 6.07) is 0. The molecule has 0 aromatic carbocycles. The molecule has 0 rings (SSSR count). The largest absolute Gasteiger partial charge is 0.508 e. The van der Waals surface area contributed by atoms with Crippen LogP contribution in [0.15, 0.2) is 0 Å². The molecule has 7 nitrogen and oxygen atoms in total. The third-order valence-corrected chi connectivity index (χ3v) is 3.01. The highest BCUT2D eigenvalue weighted by Gasteiger charge is 2.07. The van der Waals surface area contributed by atoms with E-state index in [-0.39, 0.29) is 39.0 Å². The van der Waals surface area contributed by atoms with Gasteiger partial charge in [-0.3, -0.25) is 0 Å². The van der Waals surface area contributed by atoms with Crippen molar-refractivity contribution in [2.75, 3.05) is 39.6 Å². The SMILES string of the molecule is CCCCOC(C)OCCOC(=O)OCCOC(C)OCCCC. The number of carbonyl (C=O) groups is 1. The highest BCUT2D eigenvalue weighted by molar-refractivity contribution is 5.59. The van der Waals surface area contributed by atoms with E-state index in [1.54, 1.807) is 0 Å². The summed E-state index contributed by atoms with van der Waals surface area (Å²) in [4.78, 5) is 11.3. The molecule has 24 heavy (non-hydrogen) atoms. The van der Waals surface area contributed by atoms with Gasteiger partial charge in [0.1, 0.15) is 13.2 Å². The van der Waals surface area contributed by atoms with Gasteiger partial charge in [-0.05, 0) is 26.7 Å². The maximum Gasteiger partial charge on any atom is 0.508 e. The molecule has 0 saturated carbocycles. The highest BCUT2D eigenvalue weighted by atomic mass is 16.7. The second-order valence-electron chi connectivity index (χ2n) is 5.27. The molecule has 0 saturated heterocycles. The van der Waals surface area contributed by atoms with Crippen molar-refractivity contribution in [3.05, 3.63) is 0 Å². The lowest BCUT2D eigenvalue weighted by molar-refractivity contribution is -0.142. The lowest BCUT2D eigenvalue weighted by Gasteiger charge is -2.14. The van der Waals surface area contributed by atoms with Crippen molar-refractivity contribution < 1.29 is 33.2 Å². The molecular weight excluding hydrogens is 316 g/mol. The van der Waals surface area contributed by atoms with Crippen LogP contribution in [0.1, 0.15) is 53.4 Å². The monoisotopic (exact) mass is 350 g/mol. The Kier molecular flexibility index (Phi) is 16.3. The van der Waals surface area contributed by atoms with Gasteiger partial charge in [0.2, 0.25) is 0 Å². The molecule has 0 bridgehead atoms. The van der Waals surface area contributed by atoms with E-state index < -0.39 is 6.16 Å². The van der Waals surface area contributed by atoms with Gasteiger partial charge in [0.15, 0.2) is 12.6 Å². The number of unbranched alkanes of at least 4 members (excludes halogenated alkanes) is 2. The molecule has 0 N–H and O–H groups in total. The van der Waals surface area contributed by atoms with Crippen molar-refractivity contribution >= 4 is 6.16 Å². The summed E-state index contributed by atoms with van der Waals surface area (Å²) in [6.07, 6.45) is 2.81. The third-order valence-electron chi connectivity index (χ3n) is 3.01. The van der Waals surface area contributed by atoms with Crippen molar-refractivity contribution in [1.82, 2.24) is 0 Å². The molecule has 0 fully saturated rings. The first-order valence-corrected chi connectivity index (χ1v) is 8.86. The average molecular weight is 350 g/mol. The fourth-order valence-electron chi connectivity index (χ4n) is 1.60. The van der Waals surface area contributed by atoms with Crippen LogP contribution >= 0.6 is 0 Å². The van der Waals surface area contributed by atoms with Crippen molar-refractivity contribution in [1.29, 1.82) is 0 Å². The van der Waals surface area contributed by atoms with Crippen LogP contribution in [0.5, 0.6) is 0 Å². The van der Waals surface area contributed by atoms with Crippen molar-refractivity contribution in [3.8, 4) is 0 Å². The molecule has 0 aliphatic heterocycles. The molecule has 0 aliphatic carbocycles. The quantitative estimate of drug-likeness (QED) is 0.240. The fraction of sp³-hybridized carbons (Fsp3) is 0.941. The minimum absolute atomic E-state index is 0.123. The third kappa shape index (κ3) is 16.0. The van der Waals surface area contributed by atoms with Crippen LogP contribution in [0.4, 0.5) is 4.79 Å². The van der Waals surface area contributed by atoms with Crippen LogP contribution in [0.3, 0.4) is 0 Å². The number of ether oxygens (including phenoxy) is 6. The number of rotatable bonds is 16. The molecule has 2 unspecified atom stereocenters. The molecule has 0 amide bonds. The Labute approximate surface area is 145 Å². The molecular formula is C17H34O7. The van der Waals surface area contributed by atoms with Crippen LogP contribution in [-0.4, -0.2) is 58.4 Å². The molecule has 0 aromatic heterocycles. The van der Waals surface area contributed by atoms with Gasteiger partial charge in [-0.15, -0.1) is 0 Å². The van der Waals surface area contributed by atoms with Crippen molar-refractivity contribution in [3.63, 3.8) is 0 Å². The van der Waals surface area contributed by atoms with Crippen molar-refractivity contribution in [2.45, 2.75) is 66.0 Å². The number of hydrogen-bond acceptors (Lipinski definition) is 7. The van der Waals surface area contributed by atoms with Gasteiger partial charge >= 0.3 is 6.16 Å². The van der Waals surface area contributed by atoms with Gasteiger partial charge in [0.05, 0.1) is 13.2 Å². The molecule has 2 atom stereocenters. The second kappa shape index (κ2) is 17.0. The Morgan fingerprint density at radius 3 is 1.42 bits per heavy atom. The highest BCUT2D eigenvalue weighted by Crippen LogP contribution is 1.98. The first kappa shape index (κ1) is 23.1. The molecule has 0 aromatic rings.